The monoisotopic (exact) mass is 395 g/mol. The summed E-state index contributed by atoms with van der Waals surface area (Å²) in [7, 11) is 0. The van der Waals surface area contributed by atoms with E-state index in [0.717, 1.165) is 29.8 Å². The van der Waals surface area contributed by atoms with Gasteiger partial charge in [0.05, 0.1) is 17.2 Å². The molecule has 2 aromatic carbocycles. The predicted molar refractivity (Wildman–Crippen MR) is 90.8 cm³/mol. The molecule has 0 fully saturated rings. The first kappa shape index (κ1) is 19.5. The van der Waals surface area contributed by atoms with Gasteiger partial charge in [-0.15, -0.1) is 0 Å². The lowest BCUT2D eigenvalue weighted by atomic mass is 10.1. The van der Waals surface area contributed by atoms with Crippen LogP contribution < -0.4 is 14.8 Å². The van der Waals surface area contributed by atoms with Crippen LogP contribution in [0.3, 0.4) is 0 Å². The van der Waals surface area contributed by atoms with E-state index in [1.54, 1.807) is 25.1 Å². The fourth-order valence-electron chi connectivity index (χ4n) is 2.56. The fourth-order valence-corrected chi connectivity index (χ4v) is 2.56. The Balaban J connectivity index is 1.51. The highest BCUT2D eigenvalue weighted by molar-refractivity contribution is 5.91. The van der Waals surface area contributed by atoms with Crippen molar-refractivity contribution in [3.05, 3.63) is 59.2 Å². The van der Waals surface area contributed by atoms with Gasteiger partial charge in [-0.3, -0.25) is 4.79 Å². The zero-order valence-corrected chi connectivity index (χ0v) is 14.7. The Labute approximate surface area is 158 Å². The van der Waals surface area contributed by atoms with Gasteiger partial charge in [-0.1, -0.05) is 6.07 Å². The Bertz CT molecular complexity index is 880. The van der Waals surface area contributed by atoms with Gasteiger partial charge in [-0.25, -0.2) is 4.79 Å². The average Bonchev–Trinajstić information content (AvgIpc) is 3.13. The molecular formula is C19H16F3NO5. The van der Waals surface area contributed by atoms with Crippen LogP contribution in [-0.4, -0.2) is 25.3 Å². The highest BCUT2D eigenvalue weighted by Gasteiger charge is 2.30. The molecule has 0 bridgehead atoms. The molecule has 0 spiro atoms. The molecule has 148 valence electrons. The average molecular weight is 395 g/mol. The molecule has 1 aliphatic heterocycles. The summed E-state index contributed by atoms with van der Waals surface area (Å²) >= 11 is 0. The van der Waals surface area contributed by atoms with Crippen molar-refractivity contribution < 1.29 is 37.0 Å². The van der Waals surface area contributed by atoms with Gasteiger partial charge in [0.15, 0.2) is 18.1 Å². The van der Waals surface area contributed by atoms with Gasteiger partial charge in [0.25, 0.3) is 5.91 Å². The number of rotatable bonds is 5. The van der Waals surface area contributed by atoms with E-state index < -0.39 is 30.2 Å². The lowest BCUT2D eigenvalue weighted by molar-refractivity contribution is -0.137. The summed E-state index contributed by atoms with van der Waals surface area (Å²) in [6.45, 7) is 1.32. The van der Waals surface area contributed by atoms with Crippen LogP contribution in [0.4, 0.5) is 13.2 Å². The number of halogens is 3. The highest BCUT2D eigenvalue weighted by atomic mass is 19.4. The summed E-state index contributed by atoms with van der Waals surface area (Å²) in [6.07, 6.45) is -4.49. The molecule has 1 amide bonds. The molecule has 0 saturated carbocycles. The van der Waals surface area contributed by atoms with E-state index in [1.807, 2.05) is 0 Å². The summed E-state index contributed by atoms with van der Waals surface area (Å²) in [6, 6.07) is 8.40. The summed E-state index contributed by atoms with van der Waals surface area (Å²) in [4.78, 5) is 23.9. The van der Waals surface area contributed by atoms with Gasteiger partial charge >= 0.3 is 12.1 Å². The highest BCUT2D eigenvalue weighted by Crippen LogP contribution is 2.34. The Hall–Kier alpha value is -3.23. The molecule has 2 aromatic rings. The van der Waals surface area contributed by atoms with Crippen LogP contribution >= 0.6 is 0 Å². The van der Waals surface area contributed by atoms with Crippen molar-refractivity contribution in [3.63, 3.8) is 0 Å². The number of hydrogen-bond donors (Lipinski definition) is 1. The fraction of sp³-hybridized carbons (Fsp3) is 0.263. The first-order chi connectivity index (χ1) is 13.2. The second-order valence-electron chi connectivity index (χ2n) is 6.05. The Morgan fingerprint density at radius 2 is 1.79 bits per heavy atom. The molecule has 6 nitrogen and oxygen atoms in total. The van der Waals surface area contributed by atoms with Crippen LogP contribution in [0.1, 0.15) is 34.5 Å². The maximum Gasteiger partial charge on any atom is 0.416 e. The van der Waals surface area contributed by atoms with E-state index in [0.29, 0.717) is 11.5 Å². The second kappa shape index (κ2) is 7.79. The predicted octanol–water partition coefficient (Wildman–Crippen LogP) is 3.47. The van der Waals surface area contributed by atoms with E-state index in [4.69, 9.17) is 14.2 Å². The zero-order valence-electron chi connectivity index (χ0n) is 14.7. The molecule has 1 atom stereocenters. The maximum atomic E-state index is 12.5. The Morgan fingerprint density at radius 1 is 1.11 bits per heavy atom. The van der Waals surface area contributed by atoms with Crippen LogP contribution in [0, 0.1) is 0 Å². The molecule has 0 unspecified atom stereocenters. The third-order valence-corrected chi connectivity index (χ3v) is 4.06. The van der Waals surface area contributed by atoms with E-state index in [1.165, 1.54) is 0 Å². The van der Waals surface area contributed by atoms with Crippen LogP contribution in [0.5, 0.6) is 11.5 Å². The minimum Gasteiger partial charge on any atom is -0.454 e. The number of carbonyl (C=O) groups is 2. The van der Waals surface area contributed by atoms with Gasteiger partial charge in [0.1, 0.15) is 0 Å². The first-order valence-corrected chi connectivity index (χ1v) is 8.27. The Kier molecular flexibility index (Phi) is 5.43. The number of amides is 1. The molecule has 1 aliphatic rings. The van der Waals surface area contributed by atoms with Crippen LogP contribution in [0.15, 0.2) is 42.5 Å². The van der Waals surface area contributed by atoms with Crippen molar-refractivity contribution in [1.82, 2.24) is 5.32 Å². The molecule has 3 rings (SSSR count). The number of benzene rings is 2. The third-order valence-electron chi connectivity index (χ3n) is 4.06. The smallest absolute Gasteiger partial charge is 0.416 e. The number of carbonyl (C=O) groups excluding carboxylic acids is 2. The number of alkyl halides is 3. The molecular weight excluding hydrogens is 379 g/mol. The quantitative estimate of drug-likeness (QED) is 0.785. The van der Waals surface area contributed by atoms with Crippen LogP contribution in [0.25, 0.3) is 0 Å². The molecule has 0 aliphatic carbocycles. The Morgan fingerprint density at radius 3 is 2.46 bits per heavy atom. The van der Waals surface area contributed by atoms with Crippen molar-refractivity contribution in [2.45, 2.75) is 19.1 Å². The van der Waals surface area contributed by atoms with Crippen LogP contribution in [0.2, 0.25) is 0 Å². The molecule has 0 aromatic heterocycles. The zero-order chi connectivity index (χ0) is 20.3. The molecule has 28 heavy (non-hydrogen) atoms. The maximum absolute atomic E-state index is 12.5. The summed E-state index contributed by atoms with van der Waals surface area (Å²) in [5.41, 5.74) is -0.185. The van der Waals surface area contributed by atoms with Gasteiger partial charge in [-0.05, 0) is 48.9 Å². The molecule has 1 heterocycles. The molecule has 1 N–H and O–H groups in total. The van der Waals surface area contributed by atoms with E-state index >= 15 is 0 Å². The van der Waals surface area contributed by atoms with Gasteiger partial charge in [0.2, 0.25) is 6.79 Å². The van der Waals surface area contributed by atoms with Crippen molar-refractivity contribution in [3.8, 4) is 11.5 Å². The minimum absolute atomic E-state index is 0.0791. The third kappa shape index (κ3) is 4.54. The lowest BCUT2D eigenvalue weighted by Crippen LogP contribution is -2.31. The normalized spacial score (nSPS) is 13.7. The van der Waals surface area contributed by atoms with Crippen molar-refractivity contribution in [2.75, 3.05) is 13.4 Å². The topological polar surface area (TPSA) is 73.9 Å². The number of nitrogens with one attached hydrogen (secondary N) is 1. The van der Waals surface area contributed by atoms with E-state index in [9.17, 15) is 22.8 Å². The largest absolute Gasteiger partial charge is 0.454 e. The summed E-state index contributed by atoms with van der Waals surface area (Å²) < 4.78 is 52.9. The van der Waals surface area contributed by atoms with Gasteiger partial charge in [0, 0.05) is 0 Å². The van der Waals surface area contributed by atoms with Gasteiger partial charge in [-0.2, -0.15) is 13.2 Å². The first-order valence-electron chi connectivity index (χ1n) is 8.27. The second-order valence-corrected chi connectivity index (χ2v) is 6.05. The van der Waals surface area contributed by atoms with Gasteiger partial charge < -0.3 is 19.5 Å². The standard InChI is InChI=1S/C19H16F3NO5/c1-11(13-4-7-15-16(8-13)28-10-27-15)23-17(24)9-26-18(25)12-2-5-14(6-3-12)19(20,21)22/h2-8,11H,9-10H2,1H3,(H,23,24)/t11-/m1/s1. The number of fused-ring (bicyclic) bond motifs is 1. The number of esters is 1. The number of ether oxygens (including phenoxy) is 3. The molecule has 0 saturated heterocycles. The SMILES string of the molecule is C[C@@H](NC(=O)COC(=O)c1ccc(C(F)(F)F)cc1)c1ccc2c(c1)OCO2. The summed E-state index contributed by atoms with van der Waals surface area (Å²) in [5, 5.41) is 2.66. The van der Waals surface area contributed by atoms with Crippen molar-refractivity contribution in [2.24, 2.45) is 0 Å². The lowest BCUT2D eigenvalue weighted by Gasteiger charge is -2.15. The molecule has 9 heteroatoms. The van der Waals surface area contributed by atoms with Crippen molar-refractivity contribution in [1.29, 1.82) is 0 Å². The van der Waals surface area contributed by atoms with E-state index in [-0.39, 0.29) is 18.4 Å². The number of hydrogen-bond acceptors (Lipinski definition) is 5. The summed E-state index contributed by atoms with van der Waals surface area (Å²) in [5.74, 6) is -0.245. The van der Waals surface area contributed by atoms with Crippen molar-refractivity contribution >= 4 is 11.9 Å². The minimum atomic E-state index is -4.49. The van der Waals surface area contributed by atoms with Crippen LogP contribution in [-0.2, 0) is 15.7 Å². The van der Waals surface area contributed by atoms with E-state index in [2.05, 4.69) is 5.32 Å². The molecule has 0 radical (unpaired) electrons.